The lowest BCUT2D eigenvalue weighted by molar-refractivity contribution is -0.132. The molecule has 6 nitrogen and oxygen atoms in total. The fourth-order valence-corrected chi connectivity index (χ4v) is 4.48. The van der Waals surface area contributed by atoms with E-state index in [1.807, 2.05) is 37.4 Å². The summed E-state index contributed by atoms with van der Waals surface area (Å²) in [6, 6.07) is 18.2. The van der Waals surface area contributed by atoms with Gasteiger partial charge in [0.05, 0.1) is 23.3 Å². The average Bonchev–Trinajstić information content (AvgIpc) is 3.40. The van der Waals surface area contributed by atoms with E-state index in [1.165, 1.54) is 16.2 Å². The number of amides is 1. The minimum Gasteiger partial charge on any atom is -0.507 e. The summed E-state index contributed by atoms with van der Waals surface area (Å²) in [6.45, 7) is 3.79. The van der Waals surface area contributed by atoms with Gasteiger partial charge in [0.15, 0.2) is 0 Å². The Balaban J connectivity index is 1.86. The summed E-state index contributed by atoms with van der Waals surface area (Å²) in [7, 11) is 0. The van der Waals surface area contributed by atoms with Crippen LogP contribution in [0.5, 0.6) is 5.75 Å². The lowest BCUT2D eigenvalue weighted by Crippen LogP contribution is -2.29. The number of hydrogen-bond acceptors (Lipinski definition) is 6. The van der Waals surface area contributed by atoms with Crippen molar-refractivity contribution >= 4 is 34.5 Å². The minimum absolute atomic E-state index is 0.0171. The van der Waals surface area contributed by atoms with Crippen molar-refractivity contribution in [2.24, 2.45) is 0 Å². The molecular formula is C25H20N2O4S. The van der Waals surface area contributed by atoms with E-state index in [-0.39, 0.29) is 17.4 Å². The largest absolute Gasteiger partial charge is 0.507 e. The SMILES string of the molecule is CC(C)Oc1cccc(/C(O)=C2/C(=O)C(=O)N(c3ccc(C#N)cc3)C2c2cccs2)c1. The van der Waals surface area contributed by atoms with Crippen molar-refractivity contribution < 1.29 is 19.4 Å². The molecule has 0 bridgehead atoms. The fourth-order valence-electron chi connectivity index (χ4n) is 3.66. The molecule has 0 radical (unpaired) electrons. The van der Waals surface area contributed by atoms with Crippen LogP contribution in [0.4, 0.5) is 5.69 Å². The average molecular weight is 445 g/mol. The first-order chi connectivity index (χ1) is 15.4. The number of rotatable bonds is 5. The first-order valence-corrected chi connectivity index (χ1v) is 10.9. The number of hydrogen-bond donors (Lipinski definition) is 1. The number of carbonyl (C=O) groups excluding carboxylic acids is 2. The Morgan fingerprint density at radius 1 is 1.12 bits per heavy atom. The predicted molar refractivity (Wildman–Crippen MR) is 122 cm³/mol. The normalized spacial score (nSPS) is 17.6. The molecule has 1 atom stereocenters. The van der Waals surface area contributed by atoms with Gasteiger partial charge in [-0.25, -0.2) is 0 Å². The van der Waals surface area contributed by atoms with Gasteiger partial charge in [0.1, 0.15) is 17.6 Å². The summed E-state index contributed by atoms with van der Waals surface area (Å²) in [6.07, 6.45) is -0.0551. The van der Waals surface area contributed by atoms with Crippen LogP contribution < -0.4 is 9.64 Å². The Labute approximate surface area is 189 Å². The number of thiophene rings is 1. The van der Waals surface area contributed by atoms with Gasteiger partial charge in [-0.15, -0.1) is 11.3 Å². The van der Waals surface area contributed by atoms with Crippen LogP contribution in [0.15, 0.2) is 71.6 Å². The van der Waals surface area contributed by atoms with Crippen LogP contribution >= 0.6 is 11.3 Å². The van der Waals surface area contributed by atoms with Gasteiger partial charge in [-0.1, -0.05) is 18.2 Å². The van der Waals surface area contributed by atoms with Gasteiger partial charge in [-0.05, 0) is 61.7 Å². The second-order valence-corrected chi connectivity index (χ2v) is 8.52. The van der Waals surface area contributed by atoms with Crippen LogP contribution in [0.2, 0.25) is 0 Å². The third-order valence-electron chi connectivity index (χ3n) is 5.01. The van der Waals surface area contributed by atoms with Crippen molar-refractivity contribution in [3.8, 4) is 11.8 Å². The van der Waals surface area contributed by atoms with Gasteiger partial charge in [0.25, 0.3) is 11.7 Å². The number of aliphatic hydroxyl groups excluding tert-OH is 1. The molecule has 1 saturated heterocycles. The maximum absolute atomic E-state index is 13.1. The molecule has 1 N–H and O–H groups in total. The van der Waals surface area contributed by atoms with Crippen LogP contribution in [-0.2, 0) is 9.59 Å². The topological polar surface area (TPSA) is 90.6 Å². The zero-order chi connectivity index (χ0) is 22.8. The highest BCUT2D eigenvalue weighted by atomic mass is 32.1. The first kappa shape index (κ1) is 21.3. The molecule has 2 aromatic carbocycles. The molecule has 4 rings (SSSR count). The monoisotopic (exact) mass is 444 g/mol. The zero-order valence-corrected chi connectivity index (χ0v) is 18.3. The summed E-state index contributed by atoms with van der Waals surface area (Å²) in [4.78, 5) is 28.3. The lowest BCUT2D eigenvalue weighted by atomic mass is 9.99. The number of benzene rings is 2. The quantitative estimate of drug-likeness (QED) is 0.338. The highest BCUT2D eigenvalue weighted by Crippen LogP contribution is 2.43. The van der Waals surface area contributed by atoms with Gasteiger partial charge in [-0.3, -0.25) is 14.5 Å². The van der Waals surface area contributed by atoms with Crippen molar-refractivity contribution in [2.75, 3.05) is 4.90 Å². The number of ketones is 1. The standard InChI is InChI=1S/C25H20N2O4S/c1-15(2)31-19-6-3-5-17(13-19)23(28)21-22(20-7-4-12-32-20)27(25(30)24(21)29)18-10-8-16(14-26)9-11-18/h3-13,15,22,28H,1-2H3/b23-21-. The van der Waals surface area contributed by atoms with Crippen molar-refractivity contribution in [1.29, 1.82) is 5.26 Å². The Kier molecular flexibility index (Phi) is 5.80. The summed E-state index contributed by atoms with van der Waals surface area (Å²) >= 11 is 1.39. The van der Waals surface area contributed by atoms with Gasteiger partial charge in [0, 0.05) is 16.1 Å². The van der Waals surface area contributed by atoms with E-state index in [0.717, 1.165) is 4.88 Å². The smallest absolute Gasteiger partial charge is 0.300 e. The highest BCUT2D eigenvalue weighted by Gasteiger charge is 2.47. The molecular weight excluding hydrogens is 424 g/mol. The molecule has 1 fully saturated rings. The molecule has 1 amide bonds. The Morgan fingerprint density at radius 3 is 2.50 bits per heavy atom. The van der Waals surface area contributed by atoms with Crippen molar-refractivity contribution in [2.45, 2.75) is 26.0 Å². The lowest BCUT2D eigenvalue weighted by Gasteiger charge is -2.24. The second kappa shape index (κ2) is 8.69. The summed E-state index contributed by atoms with van der Waals surface area (Å²) < 4.78 is 5.71. The maximum atomic E-state index is 13.1. The number of nitriles is 1. The number of nitrogens with zero attached hydrogens (tertiary/aromatic N) is 2. The Morgan fingerprint density at radius 2 is 1.88 bits per heavy atom. The molecule has 1 unspecified atom stereocenters. The summed E-state index contributed by atoms with van der Waals surface area (Å²) in [5.74, 6) is -1.20. The van der Waals surface area contributed by atoms with E-state index in [9.17, 15) is 14.7 Å². The van der Waals surface area contributed by atoms with Gasteiger partial charge in [-0.2, -0.15) is 5.26 Å². The highest BCUT2D eigenvalue weighted by molar-refractivity contribution is 7.10. The molecule has 2 heterocycles. The van der Waals surface area contributed by atoms with Crippen LogP contribution in [-0.4, -0.2) is 22.9 Å². The fraction of sp³-hybridized carbons (Fsp3) is 0.160. The van der Waals surface area contributed by atoms with E-state index in [0.29, 0.717) is 22.6 Å². The Bertz CT molecular complexity index is 1240. The number of anilines is 1. The van der Waals surface area contributed by atoms with Crippen molar-refractivity contribution in [3.05, 3.63) is 87.6 Å². The number of carbonyl (C=O) groups is 2. The Hall–Kier alpha value is -3.89. The molecule has 1 aliphatic rings. The zero-order valence-electron chi connectivity index (χ0n) is 17.5. The molecule has 32 heavy (non-hydrogen) atoms. The molecule has 7 heteroatoms. The van der Waals surface area contributed by atoms with E-state index < -0.39 is 17.7 Å². The van der Waals surface area contributed by atoms with Crippen molar-refractivity contribution in [3.63, 3.8) is 0 Å². The van der Waals surface area contributed by atoms with Crippen LogP contribution in [0.3, 0.4) is 0 Å². The van der Waals surface area contributed by atoms with Gasteiger partial charge >= 0.3 is 0 Å². The van der Waals surface area contributed by atoms with Gasteiger partial charge in [0.2, 0.25) is 0 Å². The first-order valence-electron chi connectivity index (χ1n) is 10.0. The molecule has 3 aromatic rings. The van der Waals surface area contributed by atoms with Crippen LogP contribution in [0, 0.1) is 11.3 Å². The van der Waals surface area contributed by atoms with E-state index in [2.05, 4.69) is 0 Å². The van der Waals surface area contributed by atoms with E-state index in [1.54, 1.807) is 48.5 Å². The third-order valence-corrected chi connectivity index (χ3v) is 5.94. The molecule has 1 aromatic heterocycles. The molecule has 0 saturated carbocycles. The van der Waals surface area contributed by atoms with Crippen molar-refractivity contribution in [1.82, 2.24) is 0 Å². The summed E-state index contributed by atoms with van der Waals surface area (Å²) in [5, 5.41) is 22.1. The molecule has 1 aliphatic heterocycles. The summed E-state index contributed by atoms with van der Waals surface area (Å²) in [5.41, 5.74) is 1.33. The van der Waals surface area contributed by atoms with Crippen LogP contribution in [0.25, 0.3) is 5.76 Å². The predicted octanol–water partition coefficient (Wildman–Crippen LogP) is 5.03. The molecule has 0 aliphatic carbocycles. The van der Waals surface area contributed by atoms with Crippen LogP contribution in [0.1, 0.15) is 35.9 Å². The maximum Gasteiger partial charge on any atom is 0.300 e. The second-order valence-electron chi connectivity index (χ2n) is 7.54. The van der Waals surface area contributed by atoms with E-state index in [4.69, 9.17) is 10.00 Å². The molecule has 160 valence electrons. The van der Waals surface area contributed by atoms with E-state index >= 15 is 0 Å². The van der Waals surface area contributed by atoms with Gasteiger partial charge < -0.3 is 9.84 Å². The number of Topliss-reactive ketones (excluding diaryl/α,β-unsaturated/α-hetero) is 1. The minimum atomic E-state index is -0.780. The molecule has 0 spiro atoms. The number of aliphatic hydroxyl groups is 1. The third kappa shape index (κ3) is 3.88. The number of ether oxygens (including phenoxy) is 1.